The van der Waals surface area contributed by atoms with E-state index < -0.39 is 11.8 Å². The number of hydrogen-bond donors (Lipinski definition) is 0. The summed E-state index contributed by atoms with van der Waals surface area (Å²) in [5.74, 6) is -0.430. The summed E-state index contributed by atoms with van der Waals surface area (Å²) >= 11 is 0. The lowest BCUT2D eigenvalue weighted by Gasteiger charge is -2.10. The van der Waals surface area contributed by atoms with Crippen molar-refractivity contribution in [1.29, 1.82) is 0 Å². The van der Waals surface area contributed by atoms with Crippen LogP contribution in [0.25, 0.3) is 6.08 Å². The van der Waals surface area contributed by atoms with E-state index in [0.717, 1.165) is 0 Å². The van der Waals surface area contributed by atoms with Crippen molar-refractivity contribution >= 4 is 17.8 Å². The minimum absolute atomic E-state index is 0.126. The quantitative estimate of drug-likeness (QED) is 0.215. The van der Waals surface area contributed by atoms with Crippen molar-refractivity contribution in [3.05, 3.63) is 89.2 Å². The van der Waals surface area contributed by atoms with Gasteiger partial charge in [-0.15, -0.1) is 0 Å². The fourth-order valence-electron chi connectivity index (χ4n) is 2.92. The summed E-state index contributed by atoms with van der Waals surface area (Å²) in [5, 5.41) is 0. The highest BCUT2D eigenvalue weighted by Gasteiger charge is 2.16. The van der Waals surface area contributed by atoms with Crippen molar-refractivity contribution in [2.75, 3.05) is 21.3 Å². The van der Waals surface area contributed by atoms with Gasteiger partial charge in [-0.1, -0.05) is 24.3 Å². The molecule has 0 N–H and O–H groups in total. The molecule has 3 aromatic carbocycles. The molecule has 0 aliphatic heterocycles. The Morgan fingerprint density at radius 1 is 0.781 bits per heavy atom. The maximum Gasteiger partial charge on any atom is 0.346 e. The topological polar surface area (TPSA) is 71.1 Å². The molecule has 0 atom stereocenters. The van der Waals surface area contributed by atoms with Crippen LogP contribution < -0.4 is 18.9 Å². The van der Waals surface area contributed by atoms with Gasteiger partial charge in [0, 0.05) is 6.07 Å². The van der Waals surface area contributed by atoms with Crippen LogP contribution in [0.4, 0.5) is 4.39 Å². The molecule has 0 radical (unpaired) electrons. The van der Waals surface area contributed by atoms with Crippen LogP contribution in [0.5, 0.6) is 23.0 Å². The number of esters is 1. The molecule has 0 heterocycles. The predicted octanol–water partition coefficient (Wildman–Crippen LogP) is 4.97. The number of carbonyl (C=O) groups excluding carboxylic acids is 2. The normalized spacial score (nSPS) is 10.6. The summed E-state index contributed by atoms with van der Waals surface area (Å²) < 4.78 is 34.8. The molecular formula is C25H21FO6. The number of methoxy groups -OCH3 is 3. The molecule has 32 heavy (non-hydrogen) atoms. The Morgan fingerprint density at radius 2 is 1.53 bits per heavy atom. The zero-order chi connectivity index (χ0) is 23.1. The third-order valence-corrected chi connectivity index (χ3v) is 4.59. The number of hydrogen-bond acceptors (Lipinski definition) is 6. The van der Waals surface area contributed by atoms with E-state index in [4.69, 9.17) is 18.9 Å². The van der Waals surface area contributed by atoms with Gasteiger partial charge in [0.2, 0.25) is 0 Å². The Hall–Kier alpha value is -4.13. The van der Waals surface area contributed by atoms with E-state index in [1.54, 1.807) is 42.5 Å². The second-order valence-electron chi connectivity index (χ2n) is 6.54. The Labute approximate surface area is 184 Å². The second kappa shape index (κ2) is 10.3. The molecule has 0 saturated carbocycles. The van der Waals surface area contributed by atoms with Gasteiger partial charge in [0.25, 0.3) is 0 Å². The summed E-state index contributed by atoms with van der Waals surface area (Å²) in [4.78, 5) is 24.9. The van der Waals surface area contributed by atoms with Gasteiger partial charge in [-0.3, -0.25) is 4.79 Å². The third kappa shape index (κ3) is 5.13. The molecule has 3 rings (SSSR count). The van der Waals surface area contributed by atoms with Gasteiger partial charge in [-0.25, -0.2) is 9.18 Å². The first-order valence-electron chi connectivity index (χ1n) is 9.56. The Balaban J connectivity index is 1.79. The lowest BCUT2D eigenvalue weighted by molar-refractivity contribution is 0.0724. The number of rotatable bonds is 8. The van der Waals surface area contributed by atoms with Gasteiger partial charge in [-0.05, 0) is 48.0 Å². The van der Waals surface area contributed by atoms with E-state index in [9.17, 15) is 14.0 Å². The molecule has 7 heteroatoms. The zero-order valence-electron chi connectivity index (χ0n) is 17.8. The van der Waals surface area contributed by atoms with Crippen LogP contribution in [-0.4, -0.2) is 33.1 Å². The molecule has 6 nitrogen and oxygen atoms in total. The van der Waals surface area contributed by atoms with Crippen LogP contribution in [0.15, 0.2) is 66.7 Å². The molecule has 164 valence electrons. The van der Waals surface area contributed by atoms with E-state index in [0.29, 0.717) is 22.6 Å². The van der Waals surface area contributed by atoms with Gasteiger partial charge in [-0.2, -0.15) is 0 Å². The van der Waals surface area contributed by atoms with Crippen molar-refractivity contribution in [3.63, 3.8) is 0 Å². The highest BCUT2D eigenvalue weighted by Crippen LogP contribution is 2.30. The van der Waals surface area contributed by atoms with Gasteiger partial charge < -0.3 is 18.9 Å². The number of ether oxygens (including phenoxy) is 4. The smallest absolute Gasteiger partial charge is 0.346 e. The number of allylic oxidation sites excluding steroid dienone is 1. The van der Waals surface area contributed by atoms with Gasteiger partial charge >= 0.3 is 5.97 Å². The van der Waals surface area contributed by atoms with Crippen molar-refractivity contribution in [2.24, 2.45) is 0 Å². The predicted molar refractivity (Wildman–Crippen MR) is 117 cm³/mol. The van der Waals surface area contributed by atoms with Crippen molar-refractivity contribution < 1.29 is 32.9 Å². The molecule has 0 spiro atoms. The Bertz CT molecular complexity index is 1170. The van der Waals surface area contributed by atoms with Crippen LogP contribution in [0, 0.1) is 5.82 Å². The molecule has 0 aliphatic rings. The fraction of sp³-hybridized carbons (Fsp3) is 0.120. The monoisotopic (exact) mass is 436 g/mol. The molecular weight excluding hydrogens is 415 g/mol. The first-order chi connectivity index (χ1) is 15.5. The largest absolute Gasteiger partial charge is 0.497 e. The van der Waals surface area contributed by atoms with Gasteiger partial charge in [0.1, 0.15) is 17.3 Å². The average molecular weight is 436 g/mol. The maximum absolute atomic E-state index is 13.8. The molecule has 0 amide bonds. The lowest BCUT2D eigenvalue weighted by Crippen LogP contribution is -2.11. The van der Waals surface area contributed by atoms with Gasteiger partial charge in [0.05, 0.1) is 32.5 Å². The molecule has 0 bridgehead atoms. The SMILES string of the molecule is COc1ccc(C(=O)/C=C/c2ccc(OC(=O)c3ccccc3F)c(OC)c2)c(OC)c1. The molecule has 0 aromatic heterocycles. The third-order valence-electron chi connectivity index (χ3n) is 4.59. The van der Waals surface area contributed by atoms with Crippen LogP contribution in [0.1, 0.15) is 26.3 Å². The van der Waals surface area contributed by atoms with Crippen LogP contribution in [-0.2, 0) is 0 Å². The second-order valence-corrected chi connectivity index (χ2v) is 6.54. The average Bonchev–Trinajstić information content (AvgIpc) is 2.82. The summed E-state index contributed by atoms with van der Waals surface area (Å²) in [6, 6.07) is 15.2. The standard InChI is InChI=1S/C25H21FO6/c1-29-17-10-11-19(23(15-17)30-2)21(27)12-8-16-9-13-22(24(14-16)31-3)32-25(28)18-6-4-5-7-20(18)26/h4-15H,1-3H3/b12-8+. The van der Waals surface area contributed by atoms with E-state index in [2.05, 4.69) is 0 Å². The van der Waals surface area contributed by atoms with Crippen molar-refractivity contribution in [2.45, 2.75) is 0 Å². The van der Waals surface area contributed by atoms with E-state index in [1.165, 1.54) is 51.7 Å². The highest BCUT2D eigenvalue weighted by molar-refractivity contribution is 6.08. The summed E-state index contributed by atoms with van der Waals surface area (Å²) in [6.45, 7) is 0. The summed E-state index contributed by atoms with van der Waals surface area (Å²) in [7, 11) is 4.42. The van der Waals surface area contributed by atoms with Crippen LogP contribution in [0.2, 0.25) is 0 Å². The van der Waals surface area contributed by atoms with E-state index in [1.807, 2.05) is 0 Å². The Kier molecular flexibility index (Phi) is 7.23. The van der Waals surface area contributed by atoms with E-state index >= 15 is 0 Å². The maximum atomic E-state index is 13.8. The van der Waals surface area contributed by atoms with E-state index in [-0.39, 0.29) is 22.8 Å². The van der Waals surface area contributed by atoms with Crippen LogP contribution >= 0.6 is 0 Å². The summed E-state index contributed by atoms with van der Waals surface area (Å²) in [5.41, 5.74) is 0.831. The summed E-state index contributed by atoms with van der Waals surface area (Å²) in [6.07, 6.45) is 2.99. The molecule has 0 unspecified atom stereocenters. The zero-order valence-corrected chi connectivity index (χ0v) is 17.8. The number of benzene rings is 3. The van der Waals surface area contributed by atoms with Crippen molar-refractivity contribution in [1.82, 2.24) is 0 Å². The number of carbonyl (C=O) groups is 2. The first-order valence-corrected chi connectivity index (χ1v) is 9.56. The minimum Gasteiger partial charge on any atom is -0.497 e. The number of ketones is 1. The lowest BCUT2D eigenvalue weighted by atomic mass is 10.1. The molecule has 3 aromatic rings. The first kappa shape index (κ1) is 22.6. The minimum atomic E-state index is -0.841. The Morgan fingerprint density at radius 3 is 2.22 bits per heavy atom. The van der Waals surface area contributed by atoms with Gasteiger partial charge in [0.15, 0.2) is 17.3 Å². The molecule has 0 fully saturated rings. The highest BCUT2D eigenvalue weighted by atomic mass is 19.1. The van der Waals surface area contributed by atoms with Crippen LogP contribution in [0.3, 0.4) is 0 Å². The fourth-order valence-corrected chi connectivity index (χ4v) is 2.92. The van der Waals surface area contributed by atoms with Crippen molar-refractivity contribution in [3.8, 4) is 23.0 Å². The molecule has 0 saturated heterocycles. The molecule has 0 aliphatic carbocycles. The number of halogens is 1.